The molecule has 0 saturated heterocycles. The third kappa shape index (κ3) is 5.44. The fourth-order valence-electron chi connectivity index (χ4n) is 2.35. The molecule has 1 N–H and O–H groups in total. The lowest BCUT2D eigenvalue weighted by Crippen LogP contribution is -2.03. The molecule has 0 aliphatic carbocycles. The Balaban J connectivity index is 2.53. The maximum absolute atomic E-state index is 11.1. The smallest absolute Gasteiger partial charge is 0.335 e. The van der Waals surface area contributed by atoms with Crippen molar-refractivity contribution in [3.8, 4) is 6.07 Å². The van der Waals surface area contributed by atoms with Gasteiger partial charge in [-0.25, -0.2) is 4.79 Å². The van der Waals surface area contributed by atoms with Gasteiger partial charge in [-0.05, 0) is 30.0 Å². The van der Waals surface area contributed by atoms with E-state index in [9.17, 15) is 4.79 Å². The zero-order valence-corrected chi connectivity index (χ0v) is 12.2. The first-order valence-corrected chi connectivity index (χ1v) is 7.41. The molecule has 0 heterocycles. The van der Waals surface area contributed by atoms with Gasteiger partial charge in [-0.15, -0.1) is 0 Å². The molecule has 0 aliphatic heterocycles. The van der Waals surface area contributed by atoms with E-state index in [0.717, 1.165) is 18.4 Å². The number of carbonyl (C=O) groups is 1. The highest BCUT2D eigenvalue weighted by Gasteiger charge is 2.10. The molecule has 108 valence electrons. The Hall–Kier alpha value is -1.82. The molecule has 0 atom stereocenters. The summed E-state index contributed by atoms with van der Waals surface area (Å²) >= 11 is 0. The molecule has 20 heavy (non-hydrogen) atoms. The summed E-state index contributed by atoms with van der Waals surface area (Å²) in [5, 5.41) is 17.8. The van der Waals surface area contributed by atoms with Crippen LogP contribution in [0.5, 0.6) is 0 Å². The minimum atomic E-state index is -0.957. The Bertz CT molecular complexity index is 474. The molecule has 0 saturated carbocycles. The van der Waals surface area contributed by atoms with Gasteiger partial charge in [-0.2, -0.15) is 5.26 Å². The maximum atomic E-state index is 11.1. The molecular weight excluding hydrogens is 250 g/mol. The van der Waals surface area contributed by atoms with Crippen molar-refractivity contribution in [2.24, 2.45) is 0 Å². The largest absolute Gasteiger partial charge is 0.478 e. The van der Waals surface area contributed by atoms with Gasteiger partial charge < -0.3 is 5.11 Å². The van der Waals surface area contributed by atoms with Crippen LogP contribution >= 0.6 is 0 Å². The van der Waals surface area contributed by atoms with Crippen molar-refractivity contribution < 1.29 is 9.90 Å². The summed E-state index contributed by atoms with van der Waals surface area (Å²) in [5.41, 5.74) is 2.01. The number of aromatic carboxylic acids is 1. The molecule has 3 nitrogen and oxygen atoms in total. The van der Waals surface area contributed by atoms with Gasteiger partial charge >= 0.3 is 5.97 Å². The van der Waals surface area contributed by atoms with Crippen molar-refractivity contribution in [1.82, 2.24) is 0 Å². The molecule has 0 radical (unpaired) electrons. The number of benzene rings is 1. The maximum Gasteiger partial charge on any atom is 0.335 e. The average Bonchev–Trinajstić information content (AvgIpc) is 2.43. The Labute approximate surface area is 121 Å². The van der Waals surface area contributed by atoms with Gasteiger partial charge in [0, 0.05) is 0 Å². The second-order valence-corrected chi connectivity index (χ2v) is 5.15. The van der Waals surface area contributed by atoms with E-state index in [1.807, 2.05) is 18.2 Å². The monoisotopic (exact) mass is 273 g/mol. The standard InChI is InChI=1S/C17H23NO2/c1-2-3-4-5-6-7-8-14-9-10-16(17(19)20)15(13-14)11-12-18/h9-10,13H,2-8,11H2,1H3,(H,19,20). The molecule has 3 heteroatoms. The van der Waals surface area contributed by atoms with Gasteiger partial charge in [0.1, 0.15) is 0 Å². The van der Waals surface area contributed by atoms with Crippen LogP contribution in [-0.4, -0.2) is 11.1 Å². The third-order valence-electron chi connectivity index (χ3n) is 3.49. The van der Waals surface area contributed by atoms with Crippen molar-refractivity contribution in [2.45, 2.75) is 58.3 Å². The molecule has 1 aromatic carbocycles. The molecule has 0 spiro atoms. The van der Waals surface area contributed by atoms with E-state index in [1.54, 1.807) is 6.07 Å². The van der Waals surface area contributed by atoms with Crippen LogP contribution in [0.1, 0.15) is 66.9 Å². The van der Waals surface area contributed by atoms with Crippen LogP contribution in [0.4, 0.5) is 0 Å². The van der Waals surface area contributed by atoms with Crippen LogP contribution in [0.15, 0.2) is 18.2 Å². The van der Waals surface area contributed by atoms with E-state index in [1.165, 1.54) is 32.1 Å². The fourth-order valence-corrected chi connectivity index (χ4v) is 2.35. The number of unbranched alkanes of at least 4 members (excludes halogenated alkanes) is 5. The first kappa shape index (κ1) is 16.2. The number of hydrogen-bond acceptors (Lipinski definition) is 2. The minimum Gasteiger partial charge on any atom is -0.478 e. The molecular formula is C17H23NO2. The number of carboxylic acid groups (broad SMARTS) is 1. The van der Waals surface area contributed by atoms with Crippen molar-refractivity contribution >= 4 is 5.97 Å². The Morgan fingerprint density at radius 1 is 1.20 bits per heavy atom. The predicted molar refractivity (Wildman–Crippen MR) is 79.8 cm³/mol. The number of carboxylic acids is 1. The van der Waals surface area contributed by atoms with Crippen LogP contribution in [0.25, 0.3) is 0 Å². The van der Waals surface area contributed by atoms with Crippen molar-refractivity contribution in [1.29, 1.82) is 5.26 Å². The van der Waals surface area contributed by atoms with Gasteiger partial charge in [0.05, 0.1) is 18.1 Å². The lowest BCUT2D eigenvalue weighted by molar-refractivity contribution is 0.0696. The Morgan fingerprint density at radius 3 is 2.55 bits per heavy atom. The number of aryl methyl sites for hydroxylation is 1. The Morgan fingerprint density at radius 2 is 1.90 bits per heavy atom. The molecule has 0 unspecified atom stereocenters. The highest BCUT2D eigenvalue weighted by molar-refractivity contribution is 5.89. The topological polar surface area (TPSA) is 61.1 Å². The SMILES string of the molecule is CCCCCCCCc1ccc(C(=O)O)c(CC#N)c1. The van der Waals surface area contributed by atoms with Crippen molar-refractivity contribution in [3.63, 3.8) is 0 Å². The highest BCUT2D eigenvalue weighted by atomic mass is 16.4. The van der Waals surface area contributed by atoms with Crippen LogP contribution in [-0.2, 0) is 12.8 Å². The van der Waals surface area contributed by atoms with Gasteiger partial charge in [-0.1, -0.05) is 51.2 Å². The van der Waals surface area contributed by atoms with E-state index < -0.39 is 5.97 Å². The summed E-state index contributed by atoms with van der Waals surface area (Å²) in [4.78, 5) is 11.1. The second kappa shape index (κ2) is 9.14. The normalized spacial score (nSPS) is 10.2. The molecule has 0 fully saturated rings. The summed E-state index contributed by atoms with van der Waals surface area (Å²) < 4.78 is 0. The Kier molecular flexibility index (Phi) is 7.42. The van der Waals surface area contributed by atoms with E-state index >= 15 is 0 Å². The number of hydrogen-bond donors (Lipinski definition) is 1. The van der Waals surface area contributed by atoms with Crippen LogP contribution in [0, 0.1) is 11.3 Å². The van der Waals surface area contributed by atoms with Crippen molar-refractivity contribution in [3.05, 3.63) is 34.9 Å². The van der Waals surface area contributed by atoms with Crippen molar-refractivity contribution in [2.75, 3.05) is 0 Å². The number of nitrogens with zero attached hydrogens (tertiary/aromatic N) is 1. The third-order valence-corrected chi connectivity index (χ3v) is 3.49. The lowest BCUT2D eigenvalue weighted by atomic mass is 9.98. The number of nitriles is 1. The summed E-state index contributed by atoms with van der Waals surface area (Å²) in [6.07, 6.45) is 8.60. The minimum absolute atomic E-state index is 0.159. The van der Waals surface area contributed by atoms with E-state index in [4.69, 9.17) is 10.4 Å². The molecule has 0 aromatic heterocycles. The first-order valence-electron chi connectivity index (χ1n) is 7.41. The second-order valence-electron chi connectivity index (χ2n) is 5.15. The zero-order valence-electron chi connectivity index (χ0n) is 12.2. The van der Waals surface area contributed by atoms with Gasteiger partial charge in [0.2, 0.25) is 0 Å². The summed E-state index contributed by atoms with van der Waals surface area (Å²) in [6.45, 7) is 2.21. The average molecular weight is 273 g/mol. The van der Waals surface area contributed by atoms with E-state index in [-0.39, 0.29) is 12.0 Å². The van der Waals surface area contributed by atoms with Crippen LogP contribution < -0.4 is 0 Å². The van der Waals surface area contributed by atoms with Crippen LogP contribution in [0.2, 0.25) is 0 Å². The quantitative estimate of drug-likeness (QED) is 0.680. The summed E-state index contributed by atoms with van der Waals surface area (Å²) in [7, 11) is 0. The predicted octanol–water partition coefficient (Wildman–Crippen LogP) is 4.35. The zero-order chi connectivity index (χ0) is 14.8. The van der Waals surface area contributed by atoms with Gasteiger partial charge in [0.15, 0.2) is 0 Å². The fraction of sp³-hybridized carbons (Fsp3) is 0.529. The van der Waals surface area contributed by atoms with Crippen LogP contribution in [0.3, 0.4) is 0 Å². The van der Waals surface area contributed by atoms with E-state index in [0.29, 0.717) is 5.56 Å². The van der Waals surface area contributed by atoms with Gasteiger partial charge in [-0.3, -0.25) is 0 Å². The summed E-state index contributed by atoms with van der Waals surface area (Å²) in [6, 6.07) is 7.41. The number of rotatable bonds is 9. The molecule has 0 bridgehead atoms. The molecule has 0 amide bonds. The summed E-state index contributed by atoms with van der Waals surface area (Å²) in [5.74, 6) is -0.957. The molecule has 1 rings (SSSR count). The first-order chi connectivity index (χ1) is 9.69. The van der Waals surface area contributed by atoms with E-state index in [2.05, 4.69) is 6.92 Å². The molecule has 0 aliphatic rings. The molecule has 1 aromatic rings. The van der Waals surface area contributed by atoms with Gasteiger partial charge in [0.25, 0.3) is 0 Å². The highest BCUT2D eigenvalue weighted by Crippen LogP contribution is 2.16. The lowest BCUT2D eigenvalue weighted by Gasteiger charge is -2.07.